The van der Waals surface area contributed by atoms with E-state index in [0.717, 1.165) is 35.3 Å². The van der Waals surface area contributed by atoms with Crippen LogP contribution in [-0.2, 0) is 19.6 Å². The van der Waals surface area contributed by atoms with Gasteiger partial charge in [0.2, 0.25) is 0 Å². The van der Waals surface area contributed by atoms with Crippen molar-refractivity contribution in [2.75, 3.05) is 0 Å². The smallest absolute Gasteiger partial charge is 0.281 e. The summed E-state index contributed by atoms with van der Waals surface area (Å²) in [6, 6.07) is 18.5. The van der Waals surface area contributed by atoms with Gasteiger partial charge in [-0.25, -0.2) is 4.98 Å². The number of fused-ring (bicyclic) bond motifs is 3. The Morgan fingerprint density at radius 3 is 2.72 bits per heavy atom. The van der Waals surface area contributed by atoms with Gasteiger partial charge in [-0.3, -0.25) is 4.90 Å². The van der Waals surface area contributed by atoms with Crippen LogP contribution >= 0.6 is 11.3 Å². The number of pyridine rings is 1. The van der Waals surface area contributed by atoms with Crippen LogP contribution in [0.2, 0.25) is 0 Å². The molecule has 0 amide bonds. The number of furan rings is 1. The molecular weight excluding hydrogens is 382 g/mol. The summed E-state index contributed by atoms with van der Waals surface area (Å²) in [5, 5.41) is 1.71. The first kappa shape index (κ1) is 16.7. The first-order valence-electron chi connectivity index (χ1n) is 9.50. The molecule has 0 bridgehead atoms. The molecule has 29 heavy (non-hydrogen) atoms. The van der Waals surface area contributed by atoms with Crippen LogP contribution in [0.1, 0.15) is 16.7 Å². The van der Waals surface area contributed by atoms with Gasteiger partial charge >= 0.3 is 0 Å². The SMILES string of the molecule is c1ccc2c(c1)CN(Cc1coc3cc(Oc4nc5ncccc5s4)ccc13)C2. The van der Waals surface area contributed by atoms with Crippen molar-refractivity contribution in [2.45, 2.75) is 19.6 Å². The number of hydrogen-bond acceptors (Lipinski definition) is 6. The van der Waals surface area contributed by atoms with Gasteiger partial charge in [0.15, 0.2) is 5.65 Å². The van der Waals surface area contributed by atoms with Crippen LogP contribution in [-0.4, -0.2) is 14.9 Å². The molecule has 6 rings (SSSR count). The van der Waals surface area contributed by atoms with E-state index in [0.29, 0.717) is 16.6 Å². The zero-order chi connectivity index (χ0) is 19.2. The molecule has 5 nitrogen and oxygen atoms in total. The second kappa shape index (κ2) is 6.69. The minimum Gasteiger partial charge on any atom is -0.464 e. The zero-order valence-corrected chi connectivity index (χ0v) is 16.4. The Labute approximate surface area is 171 Å². The summed E-state index contributed by atoms with van der Waals surface area (Å²) in [6.45, 7) is 2.83. The average Bonchev–Trinajstić information content (AvgIpc) is 3.44. The van der Waals surface area contributed by atoms with Crippen molar-refractivity contribution in [1.29, 1.82) is 0 Å². The minimum absolute atomic E-state index is 0.583. The molecule has 6 heteroatoms. The van der Waals surface area contributed by atoms with E-state index in [1.165, 1.54) is 28.0 Å². The number of benzene rings is 2. The number of nitrogens with zero attached hydrogens (tertiary/aromatic N) is 3. The largest absolute Gasteiger partial charge is 0.464 e. The number of hydrogen-bond donors (Lipinski definition) is 0. The first-order valence-corrected chi connectivity index (χ1v) is 10.3. The Morgan fingerprint density at radius 2 is 1.90 bits per heavy atom. The molecular formula is C23H17N3O2S. The summed E-state index contributed by atoms with van der Waals surface area (Å²) in [4.78, 5) is 11.1. The molecule has 5 aromatic rings. The zero-order valence-electron chi connectivity index (χ0n) is 15.5. The van der Waals surface area contributed by atoms with E-state index in [1.54, 1.807) is 6.20 Å². The fourth-order valence-electron chi connectivity index (χ4n) is 3.90. The van der Waals surface area contributed by atoms with Crippen LogP contribution in [0.15, 0.2) is 71.5 Å². The molecule has 0 spiro atoms. The highest BCUT2D eigenvalue weighted by molar-refractivity contribution is 7.20. The van der Waals surface area contributed by atoms with Crippen molar-refractivity contribution in [3.8, 4) is 10.9 Å². The highest BCUT2D eigenvalue weighted by Gasteiger charge is 2.20. The molecule has 0 unspecified atom stereocenters. The van der Waals surface area contributed by atoms with Crippen molar-refractivity contribution in [3.63, 3.8) is 0 Å². The van der Waals surface area contributed by atoms with Crippen molar-refractivity contribution >= 4 is 32.7 Å². The number of aromatic nitrogens is 2. The maximum atomic E-state index is 5.95. The average molecular weight is 399 g/mol. The lowest BCUT2D eigenvalue weighted by Gasteiger charge is -2.13. The second-order valence-electron chi connectivity index (χ2n) is 7.24. The molecule has 0 N–H and O–H groups in total. The summed E-state index contributed by atoms with van der Waals surface area (Å²) < 4.78 is 12.8. The van der Waals surface area contributed by atoms with Gasteiger partial charge in [-0.05, 0) is 35.4 Å². The first-order chi connectivity index (χ1) is 14.3. The van der Waals surface area contributed by atoms with Crippen LogP contribution in [0.5, 0.6) is 10.9 Å². The third kappa shape index (κ3) is 3.06. The molecule has 0 saturated heterocycles. The Bertz CT molecular complexity index is 1280. The van der Waals surface area contributed by atoms with Crippen LogP contribution in [0.4, 0.5) is 0 Å². The number of thiazole rings is 1. The molecule has 0 atom stereocenters. The van der Waals surface area contributed by atoms with Crippen molar-refractivity contribution in [1.82, 2.24) is 14.9 Å². The molecule has 3 aromatic heterocycles. The molecule has 0 radical (unpaired) electrons. The fraction of sp³-hybridized carbons (Fsp3) is 0.130. The lowest BCUT2D eigenvalue weighted by Crippen LogP contribution is -2.15. The lowest BCUT2D eigenvalue weighted by molar-refractivity contribution is 0.275. The standard InChI is InChI=1S/C23H17N3O2S/c1-2-5-16-12-26(11-15(16)4-1)13-17-14-27-20-10-18(7-8-19(17)20)28-23-25-22-21(29-23)6-3-9-24-22/h1-10,14H,11-13H2. The Balaban J connectivity index is 1.23. The molecule has 0 aliphatic carbocycles. The summed E-state index contributed by atoms with van der Waals surface area (Å²) in [6.07, 6.45) is 3.60. The van der Waals surface area contributed by atoms with Crippen molar-refractivity contribution in [3.05, 3.63) is 83.7 Å². The van der Waals surface area contributed by atoms with Gasteiger partial charge in [-0.2, -0.15) is 4.98 Å². The van der Waals surface area contributed by atoms with Crippen LogP contribution in [0.3, 0.4) is 0 Å². The molecule has 1 aliphatic heterocycles. The third-order valence-corrected chi connectivity index (χ3v) is 6.17. The highest BCUT2D eigenvalue weighted by atomic mass is 32.1. The summed E-state index contributed by atoms with van der Waals surface area (Å²) in [5.41, 5.74) is 5.57. The van der Waals surface area contributed by atoms with Crippen molar-refractivity contribution < 1.29 is 9.15 Å². The number of rotatable bonds is 4. The fourth-order valence-corrected chi connectivity index (χ4v) is 4.69. The summed E-state index contributed by atoms with van der Waals surface area (Å²) >= 11 is 1.48. The van der Waals surface area contributed by atoms with Gasteiger partial charge in [0.1, 0.15) is 11.3 Å². The van der Waals surface area contributed by atoms with Gasteiger partial charge < -0.3 is 9.15 Å². The molecule has 0 saturated carbocycles. The molecule has 0 fully saturated rings. The van der Waals surface area contributed by atoms with E-state index in [4.69, 9.17) is 9.15 Å². The van der Waals surface area contributed by atoms with E-state index in [2.05, 4.69) is 45.2 Å². The van der Waals surface area contributed by atoms with Gasteiger partial charge in [-0.1, -0.05) is 35.6 Å². The summed E-state index contributed by atoms with van der Waals surface area (Å²) in [5.74, 6) is 0.714. The Morgan fingerprint density at radius 1 is 1.03 bits per heavy atom. The van der Waals surface area contributed by atoms with Gasteiger partial charge in [0, 0.05) is 42.8 Å². The Kier molecular flexibility index (Phi) is 3.85. The van der Waals surface area contributed by atoms with E-state index in [9.17, 15) is 0 Å². The predicted octanol–water partition coefficient (Wildman–Crippen LogP) is 5.75. The molecule has 142 valence electrons. The van der Waals surface area contributed by atoms with E-state index in [-0.39, 0.29) is 0 Å². The maximum Gasteiger partial charge on any atom is 0.281 e. The van der Waals surface area contributed by atoms with E-state index < -0.39 is 0 Å². The molecule has 2 aromatic carbocycles. The van der Waals surface area contributed by atoms with Crippen LogP contribution < -0.4 is 4.74 Å². The monoisotopic (exact) mass is 399 g/mol. The van der Waals surface area contributed by atoms with Gasteiger partial charge in [-0.15, -0.1) is 0 Å². The van der Waals surface area contributed by atoms with Gasteiger partial charge in [0.25, 0.3) is 5.19 Å². The normalized spacial score (nSPS) is 13.9. The minimum atomic E-state index is 0.583. The topological polar surface area (TPSA) is 51.4 Å². The quantitative estimate of drug-likeness (QED) is 0.385. The van der Waals surface area contributed by atoms with E-state index in [1.807, 2.05) is 30.5 Å². The molecule has 4 heterocycles. The van der Waals surface area contributed by atoms with Crippen LogP contribution in [0.25, 0.3) is 21.3 Å². The second-order valence-corrected chi connectivity index (χ2v) is 8.23. The Hall–Kier alpha value is -3.22. The molecule has 1 aliphatic rings. The lowest BCUT2D eigenvalue weighted by atomic mass is 10.1. The maximum absolute atomic E-state index is 5.95. The highest BCUT2D eigenvalue weighted by Crippen LogP contribution is 2.33. The van der Waals surface area contributed by atoms with E-state index >= 15 is 0 Å². The van der Waals surface area contributed by atoms with Crippen molar-refractivity contribution in [2.24, 2.45) is 0 Å². The van der Waals surface area contributed by atoms with Crippen LogP contribution in [0, 0.1) is 0 Å². The van der Waals surface area contributed by atoms with Gasteiger partial charge in [0.05, 0.1) is 11.0 Å². The third-order valence-electron chi connectivity index (χ3n) is 5.28. The predicted molar refractivity (Wildman–Crippen MR) is 113 cm³/mol. The summed E-state index contributed by atoms with van der Waals surface area (Å²) in [7, 11) is 0. The number of ether oxygens (including phenoxy) is 1.